The maximum Gasteiger partial charge on any atom is 0.472 e. The smallest absolute Gasteiger partial charge is 0.462 e. The van der Waals surface area contributed by atoms with E-state index in [0.717, 1.165) is 38.5 Å². The largest absolute Gasteiger partial charge is 0.472 e. The second-order valence-corrected chi connectivity index (χ2v) is 15.6. The van der Waals surface area contributed by atoms with Crippen LogP contribution in [-0.4, -0.2) is 108 Å². The van der Waals surface area contributed by atoms with Crippen LogP contribution in [0.15, 0.2) is 37.0 Å². The first-order valence-electron chi connectivity index (χ1n) is 16.7. The molecule has 0 saturated heterocycles. The second kappa shape index (κ2) is 24.7. The lowest BCUT2D eigenvalue weighted by Gasteiger charge is -2.44. The van der Waals surface area contributed by atoms with E-state index in [2.05, 4.69) is 22.6 Å². The van der Waals surface area contributed by atoms with E-state index in [4.69, 9.17) is 28.3 Å². The number of unbranched alkanes of at least 4 members (excludes halogenated alkanes) is 6. The predicted molar refractivity (Wildman–Crippen MR) is 183 cm³/mol. The van der Waals surface area contributed by atoms with E-state index in [1.807, 2.05) is 24.3 Å². The summed E-state index contributed by atoms with van der Waals surface area (Å²) in [4.78, 5) is 72.1. The highest BCUT2D eigenvalue weighted by Crippen LogP contribution is 2.51. The Labute approximate surface area is 302 Å². The zero-order valence-electron chi connectivity index (χ0n) is 28.9. The molecule has 8 atom stereocenters. The highest BCUT2D eigenvalue weighted by Gasteiger charge is 2.56. The maximum absolute atomic E-state index is 12.9. The van der Waals surface area contributed by atoms with Crippen molar-refractivity contribution in [1.82, 2.24) is 0 Å². The first kappa shape index (κ1) is 48.4. The Balaban J connectivity index is 2.96. The van der Waals surface area contributed by atoms with E-state index in [1.54, 1.807) is 6.08 Å². The Kier molecular flexibility index (Phi) is 23.0. The molecule has 1 rings (SSSR count). The predicted octanol–water partition coefficient (Wildman–Crippen LogP) is 3.00. The van der Waals surface area contributed by atoms with Gasteiger partial charge in [0.25, 0.3) is 0 Å². The highest BCUT2D eigenvalue weighted by molar-refractivity contribution is 7.47. The Hall–Kier alpha value is -1.63. The number of rotatable bonds is 27. The van der Waals surface area contributed by atoms with Crippen molar-refractivity contribution < 1.29 is 90.6 Å². The summed E-state index contributed by atoms with van der Waals surface area (Å²) < 4.78 is 64.5. The fourth-order valence-corrected chi connectivity index (χ4v) is 6.92. The van der Waals surface area contributed by atoms with Gasteiger partial charge in [-0.2, -0.15) is 0 Å². The van der Waals surface area contributed by atoms with Gasteiger partial charge in [-0.15, -0.1) is 6.58 Å². The number of phosphoric acid groups is 3. The van der Waals surface area contributed by atoms with Crippen LogP contribution in [0, 0.1) is 0 Å². The molecule has 0 aromatic carbocycles. The third-order valence-electron chi connectivity index (χ3n) is 7.34. The molecular weight excluding hydrogens is 757 g/mol. The van der Waals surface area contributed by atoms with E-state index < -0.39 is 91.3 Å². The monoisotopic (exact) mass is 810 g/mol. The quantitative estimate of drug-likeness (QED) is 0.0256. The van der Waals surface area contributed by atoms with E-state index >= 15 is 0 Å². The van der Waals surface area contributed by atoms with Gasteiger partial charge >= 0.3 is 35.4 Å². The lowest BCUT2D eigenvalue weighted by atomic mass is 9.85. The van der Waals surface area contributed by atoms with Crippen molar-refractivity contribution in [3.63, 3.8) is 0 Å². The molecule has 19 nitrogen and oxygen atoms in total. The molecule has 0 aromatic rings. The number of aliphatic hydroxyl groups excluding tert-OH is 3. The molecule has 0 bridgehead atoms. The molecule has 1 aliphatic carbocycles. The average molecular weight is 811 g/mol. The fraction of sp³-hybridized carbons (Fsp3) is 0.733. The number of hydrogen-bond donors (Lipinski definition) is 8. The van der Waals surface area contributed by atoms with Crippen molar-refractivity contribution >= 4 is 35.4 Å². The van der Waals surface area contributed by atoms with Crippen LogP contribution >= 0.6 is 23.5 Å². The molecule has 0 aromatic heterocycles. The van der Waals surface area contributed by atoms with Crippen LogP contribution < -0.4 is 0 Å². The number of ether oxygens (including phenoxy) is 2. The summed E-state index contributed by atoms with van der Waals surface area (Å²) in [5, 5.41) is 31.5. The Morgan fingerprint density at radius 3 is 1.83 bits per heavy atom. The zero-order chi connectivity index (χ0) is 39.4. The molecule has 1 fully saturated rings. The fourth-order valence-electron chi connectivity index (χ4n) is 4.83. The summed E-state index contributed by atoms with van der Waals surface area (Å²) >= 11 is 0. The summed E-state index contributed by atoms with van der Waals surface area (Å²) in [6, 6.07) is 0. The molecule has 0 aliphatic heterocycles. The van der Waals surface area contributed by atoms with Gasteiger partial charge in [0.05, 0.1) is 6.61 Å². The van der Waals surface area contributed by atoms with E-state index in [9.17, 15) is 53.3 Å². The Morgan fingerprint density at radius 2 is 1.21 bits per heavy atom. The van der Waals surface area contributed by atoms with E-state index in [-0.39, 0.29) is 12.8 Å². The van der Waals surface area contributed by atoms with E-state index in [0.29, 0.717) is 25.7 Å². The summed E-state index contributed by atoms with van der Waals surface area (Å²) in [5.41, 5.74) is 0. The summed E-state index contributed by atoms with van der Waals surface area (Å²) in [6.45, 7) is 4.17. The highest BCUT2D eigenvalue weighted by atomic mass is 31.2. The van der Waals surface area contributed by atoms with Crippen LogP contribution in [0.3, 0.4) is 0 Å². The maximum atomic E-state index is 12.9. The Bertz CT molecular complexity index is 1280. The summed E-state index contributed by atoms with van der Waals surface area (Å²) in [6.07, 6.45) is 0.795. The molecule has 2 unspecified atom stereocenters. The first-order valence-corrected chi connectivity index (χ1v) is 21.3. The molecule has 0 amide bonds. The molecule has 8 N–H and O–H groups in total. The van der Waals surface area contributed by atoms with Crippen LogP contribution in [-0.2, 0) is 50.9 Å². The first-order chi connectivity index (χ1) is 24.3. The zero-order valence-corrected chi connectivity index (χ0v) is 31.6. The van der Waals surface area contributed by atoms with Gasteiger partial charge in [-0.25, -0.2) is 13.7 Å². The van der Waals surface area contributed by atoms with Gasteiger partial charge in [0.2, 0.25) is 0 Å². The van der Waals surface area contributed by atoms with Gasteiger partial charge in [-0.3, -0.25) is 27.7 Å². The molecule has 0 radical (unpaired) electrons. The molecule has 1 aliphatic rings. The van der Waals surface area contributed by atoms with Crippen molar-refractivity contribution in [2.24, 2.45) is 0 Å². The number of allylic oxidation sites excluding steroid dienone is 5. The van der Waals surface area contributed by atoms with Gasteiger partial charge in [-0.1, -0.05) is 69.4 Å². The van der Waals surface area contributed by atoms with Gasteiger partial charge in [0, 0.05) is 12.8 Å². The third kappa shape index (κ3) is 21.3. The van der Waals surface area contributed by atoms with Gasteiger partial charge in [0.15, 0.2) is 6.10 Å². The van der Waals surface area contributed by atoms with Crippen molar-refractivity contribution in [3.8, 4) is 0 Å². The molecular formula is C30H53O19P3. The lowest BCUT2D eigenvalue weighted by Crippen LogP contribution is -2.65. The number of phosphoric ester groups is 3. The SMILES string of the molecule is C=CC/C=C\C/C=C\CCCC(=O)OC(COC(=O)CCCCCCCC)COP(=O)(O)O[C@@H]1[C@H](O)[C@H](O)[C@@H](OP(=O)(O)O)[C@H](OP(=O)(O)O)[C@H]1O. The summed E-state index contributed by atoms with van der Waals surface area (Å²) in [7, 11) is -16.6. The lowest BCUT2D eigenvalue weighted by molar-refractivity contribution is -0.213. The number of carbonyl (C=O) groups excluding carboxylic acids is 2. The number of carbonyl (C=O) groups is 2. The van der Waals surface area contributed by atoms with Crippen LogP contribution in [0.1, 0.15) is 84.0 Å². The molecule has 302 valence electrons. The van der Waals surface area contributed by atoms with Crippen molar-refractivity contribution in [3.05, 3.63) is 37.0 Å². The third-order valence-corrected chi connectivity index (χ3v) is 9.36. The van der Waals surface area contributed by atoms with Crippen LogP contribution in [0.2, 0.25) is 0 Å². The van der Waals surface area contributed by atoms with Crippen LogP contribution in [0.4, 0.5) is 0 Å². The van der Waals surface area contributed by atoms with Crippen LogP contribution in [0.5, 0.6) is 0 Å². The number of hydrogen-bond acceptors (Lipinski definition) is 14. The van der Waals surface area contributed by atoms with Gasteiger partial charge in [0.1, 0.15) is 43.2 Å². The normalized spacial score (nSPS) is 24.5. The molecule has 0 heterocycles. The minimum absolute atomic E-state index is 0.0642. The topological polar surface area (TPSA) is 303 Å². The van der Waals surface area contributed by atoms with Crippen molar-refractivity contribution in [1.29, 1.82) is 0 Å². The minimum atomic E-state index is -5.59. The average Bonchev–Trinajstić information content (AvgIpc) is 3.04. The molecule has 1 saturated carbocycles. The summed E-state index contributed by atoms with van der Waals surface area (Å²) in [5.74, 6) is -1.39. The molecule has 22 heteroatoms. The van der Waals surface area contributed by atoms with Crippen molar-refractivity contribution in [2.45, 2.75) is 127 Å². The number of esters is 2. The second-order valence-electron chi connectivity index (χ2n) is 11.8. The Morgan fingerprint density at radius 1 is 0.673 bits per heavy atom. The van der Waals surface area contributed by atoms with Crippen LogP contribution in [0.25, 0.3) is 0 Å². The molecule has 0 spiro atoms. The van der Waals surface area contributed by atoms with E-state index in [1.165, 1.54) is 0 Å². The number of aliphatic hydroxyl groups is 3. The molecule has 52 heavy (non-hydrogen) atoms. The minimum Gasteiger partial charge on any atom is -0.462 e. The van der Waals surface area contributed by atoms with Gasteiger partial charge < -0.3 is 49.3 Å². The standard InChI is InChI=1S/C30H53O19P3/c1-3-5-7-9-11-12-13-15-17-19-24(32)46-22(20-44-23(31)18-16-14-10-8-6-4-2)21-45-52(42,43)49-28-25(33)26(34)29(47-50(36,37)38)30(27(28)35)48-51(39,40)41/h3,7,9,12-13,22,25-30,33-35H,1,4-6,8,10-11,14-21H2,2H3,(H,42,43)(H2,36,37,38)(H2,39,40,41)/b9-7-,13-12-/t22?,25-,26+,27+,28-,29-,30-/m1/s1. The van der Waals surface area contributed by atoms with Gasteiger partial charge in [-0.05, 0) is 32.1 Å². The van der Waals surface area contributed by atoms with Crippen molar-refractivity contribution in [2.75, 3.05) is 13.2 Å².